The first-order chi connectivity index (χ1) is 13.3. The Hall–Kier alpha value is -2.65. The van der Waals surface area contributed by atoms with Crippen LogP contribution in [0.3, 0.4) is 0 Å². The monoisotopic (exact) mass is 408 g/mol. The summed E-state index contributed by atoms with van der Waals surface area (Å²) in [7, 11) is -3.33. The largest absolute Gasteiger partial charge is 0.495 e. The van der Waals surface area contributed by atoms with Crippen molar-refractivity contribution in [3.8, 4) is 5.75 Å². The van der Waals surface area contributed by atoms with Gasteiger partial charge in [-0.15, -0.1) is 0 Å². The number of ether oxygens (including phenoxy) is 1. The Morgan fingerprint density at radius 1 is 1.14 bits per heavy atom. The number of hydrogen-bond acceptors (Lipinski definition) is 5. The van der Waals surface area contributed by atoms with E-state index in [9.17, 15) is 22.2 Å². The molecular formula is C19H21FN2O5S. The van der Waals surface area contributed by atoms with Gasteiger partial charge in [0.05, 0.1) is 18.5 Å². The van der Waals surface area contributed by atoms with Crippen molar-refractivity contribution in [2.24, 2.45) is 0 Å². The summed E-state index contributed by atoms with van der Waals surface area (Å²) in [4.78, 5) is 14.2. The molecule has 9 heteroatoms. The highest BCUT2D eigenvalue weighted by molar-refractivity contribution is 7.86. The van der Waals surface area contributed by atoms with E-state index in [1.165, 1.54) is 31.4 Å². The first kappa shape index (κ1) is 20.1. The van der Waals surface area contributed by atoms with Crippen LogP contribution >= 0.6 is 0 Å². The quantitative estimate of drug-likeness (QED) is 0.737. The predicted octanol–water partition coefficient (Wildman–Crippen LogP) is 3.32. The van der Waals surface area contributed by atoms with Gasteiger partial charge in [-0.05, 0) is 55.7 Å². The van der Waals surface area contributed by atoms with Crippen molar-refractivity contribution in [3.05, 3.63) is 47.8 Å². The van der Waals surface area contributed by atoms with Gasteiger partial charge >= 0.3 is 0 Å². The van der Waals surface area contributed by atoms with Crippen LogP contribution in [-0.2, 0) is 10.1 Å². The Kier molecular flexibility index (Phi) is 5.85. The van der Waals surface area contributed by atoms with Gasteiger partial charge < -0.3 is 15.0 Å². The number of piperidine rings is 1. The summed E-state index contributed by atoms with van der Waals surface area (Å²) in [5.41, 5.74) is 0.997. The number of rotatable bonds is 5. The molecule has 7 nitrogen and oxygen atoms in total. The van der Waals surface area contributed by atoms with Crippen LogP contribution in [0.4, 0.5) is 15.8 Å². The average molecular weight is 408 g/mol. The van der Waals surface area contributed by atoms with Gasteiger partial charge in [0.1, 0.15) is 16.5 Å². The van der Waals surface area contributed by atoms with Gasteiger partial charge in [-0.25, -0.2) is 4.39 Å². The SMILES string of the molecule is COc1ccc(C(=O)Nc2cc(F)ccc2N2CCCCC2)cc1S(=O)(=O)O. The Morgan fingerprint density at radius 2 is 1.86 bits per heavy atom. The average Bonchev–Trinajstić information content (AvgIpc) is 2.67. The van der Waals surface area contributed by atoms with Crippen molar-refractivity contribution >= 4 is 27.4 Å². The highest BCUT2D eigenvalue weighted by atomic mass is 32.2. The van der Waals surface area contributed by atoms with Crippen LogP contribution < -0.4 is 15.0 Å². The van der Waals surface area contributed by atoms with E-state index >= 15 is 0 Å². The number of methoxy groups -OCH3 is 1. The second kappa shape index (κ2) is 8.15. The topological polar surface area (TPSA) is 95.9 Å². The minimum Gasteiger partial charge on any atom is -0.495 e. The lowest BCUT2D eigenvalue weighted by Crippen LogP contribution is -2.30. The molecule has 0 saturated carbocycles. The summed E-state index contributed by atoms with van der Waals surface area (Å²) in [6, 6.07) is 7.84. The van der Waals surface area contributed by atoms with E-state index in [2.05, 4.69) is 10.2 Å². The molecule has 0 spiro atoms. The van der Waals surface area contributed by atoms with Crippen LogP contribution in [0.15, 0.2) is 41.3 Å². The molecule has 0 atom stereocenters. The third-order valence-corrected chi connectivity index (χ3v) is 5.48. The molecule has 0 bridgehead atoms. The van der Waals surface area contributed by atoms with E-state index in [0.29, 0.717) is 11.4 Å². The van der Waals surface area contributed by atoms with E-state index in [1.807, 2.05) is 0 Å². The Balaban J connectivity index is 1.92. The third-order valence-electron chi connectivity index (χ3n) is 4.61. The fourth-order valence-electron chi connectivity index (χ4n) is 3.23. The number of nitrogens with zero attached hydrogens (tertiary/aromatic N) is 1. The lowest BCUT2D eigenvalue weighted by atomic mass is 10.1. The van der Waals surface area contributed by atoms with Gasteiger partial charge in [0.15, 0.2) is 0 Å². The lowest BCUT2D eigenvalue weighted by Gasteiger charge is -2.30. The summed E-state index contributed by atoms with van der Waals surface area (Å²) in [6.07, 6.45) is 3.16. The molecule has 28 heavy (non-hydrogen) atoms. The minimum atomic E-state index is -4.58. The number of benzene rings is 2. The summed E-state index contributed by atoms with van der Waals surface area (Å²) in [5, 5.41) is 2.64. The van der Waals surface area contributed by atoms with Crippen LogP contribution in [0.2, 0.25) is 0 Å². The third kappa shape index (κ3) is 4.42. The fourth-order valence-corrected chi connectivity index (χ4v) is 3.91. The van der Waals surface area contributed by atoms with Crippen molar-refractivity contribution < 1.29 is 26.9 Å². The maximum atomic E-state index is 13.8. The van der Waals surface area contributed by atoms with Crippen molar-refractivity contribution in [2.75, 3.05) is 30.4 Å². The van der Waals surface area contributed by atoms with Crippen LogP contribution in [-0.4, -0.2) is 39.1 Å². The Labute approximate surface area is 162 Å². The standard InChI is InChI=1S/C19H21FN2O5S/c1-27-17-8-5-13(11-18(17)28(24,25)26)19(23)21-15-12-14(20)6-7-16(15)22-9-3-2-4-10-22/h5-8,11-12H,2-4,9-10H2,1H3,(H,21,23)(H,24,25,26). The molecule has 2 aromatic rings. The normalized spacial score (nSPS) is 14.6. The van der Waals surface area contributed by atoms with Gasteiger partial charge in [-0.1, -0.05) is 0 Å². The maximum absolute atomic E-state index is 13.8. The molecular weight excluding hydrogens is 387 g/mol. The van der Waals surface area contributed by atoms with Crippen LogP contribution in [0.25, 0.3) is 0 Å². The molecule has 0 radical (unpaired) electrons. The zero-order chi connectivity index (χ0) is 20.3. The first-order valence-corrected chi connectivity index (χ1v) is 10.2. The molecule has 2 aromatic carbocycles. The molecule has 0 aromatic heterocycles. The van der Waals surface area contributed by atoms with Crippen molar-refractivity contribution in [1.29, 1.82) is 0 Å². The molecule has 1 aliphatic heterocycles. The summed E-state index contributed by atoms with van der Waals surface area (Å²) in [6.45, 7) is 1.62. The van der Waals surface area contributed by atoms with Gasteiger partial charge in [-0.3, -0.25) is 9.35 Å². The number of anilines is 2. The molecule has 1 heterocycles. The minimum absolute atomic E-state index is 0.0118. The first-order valence-electron chi connectivity index (χ1n) is 8.81. The highest BCUT2D eigenvalue weighted by Gasteiger charge is 2.21. The second-order valence-electron chi connectivity index (χ2n) is 6.50. The molecule has 2 N–H and O–H groups in total. The van der Waals surface area contributed by atoms with E-state index in [4.69, 9.17) is 4.74 Å². The number of nitrogens with one attached hydrogen (secondary N) is 1. The Bertz CT molecular complexity index is 988. The molecule has 1 fully saturated rings. The van der Waals surface area contributed by atoms with E-state index < -0.39 is 26.7 Å². The van der Waals surface area contributed by atoms with E-state index in [1.54, 1.807) is 6.07 Å². The second-order valence-corrected chi connectivity index (χ2v) is 7.89. The lowest BCUT2D eigenvalue weighted by molar-refractivity contribution is 0.102. The molecule has 1 amide bonds. The van der Waals surface area contributed by atoms with Crippen molar-refractivity contribution in [3.63, 3.8) is 0 Å². The predicted molar refractivity (Wildman–Crippen MR) is 103 cm³/mol. The maximum Gasteiger partial charge on any atom is 0.298 e. The van der Waals surface area contributed by atoms with Crippen LogP contribution in [0.5, 0.6) is 5.75 Å². The number of carbonyl (C=O) groups excluding carboxylic acids is 1. The van der Waals surface area contributed by atoms with Gasteiger partial charge in [0.25, 0.3) is 16.0 Å². The van der Waals surface area contributed by atoms with Crippen molar-refractivity contribution in [2.45, 2.75) is 24.2 Å². The van der Waals surface area contributed by atoms with E-state index in [-0.39, 0.29) is 11.3 Å². The molecule has 1 saturated heterocycles. The number of hydrogen-bond donors (Lipinski definition) is 2. The molecule has 1 aliphatic rings. The van der Waals surface area contributed by atoms with E-state index in [0.717, 1.165) is 38.4 Å². The summed E-state index contributed by atoms with van der Waals surface area (Å²) < 4.78 is 51.1. The van der Waals surface area contributed by atoms with Gasteiger partial charge in [0.2, 0.25) is 0 Å². The fraction of sp³-hybridized carbons (Fsp3) is 0.316. The highest BCUT2D eigenvalue weighted by Crippen LogP contribution is 2.30. The summed E-state index contributed by atoms with van der Waals surface area (Å²) in [5.74, 6) is -1.21. The zero-order valence-corrected chi connectivity index (χ0v) is 16.1. The number of carbonyl (C=O) groups is 1. The molecule has 0 aliphatic carbocycles. The number of amides is 1. The summed E-state index contributed by atoms with van der Waals surface area (Å²) >= 11 is 0. The van der Waals surface area contributed by atoms with Crippen molar-refractivity contribution in [1.82, 2.24) is 0 Å². The van der Waals surface area contributed by atoms with Crippen LogP contribution in [0.1, 0.15) is 29.6 Å². The molecule has 150 valence electrons. The Morgan fingerprint density at radius 3 is 2.50 bits per heavy atom. The molecule has 0 unspecified atom stereocenters. The number of halogens is 1. The zero-order valence-electron chi connectivity index (χ0n) is 15.3. The smallest absolute Gasteiger partial charge is 0.298 e. The molecule has 3 rings (SSSR count). The van der Waals surface area contributed by atoms with Gasteiger partial charge in [0, 0.05) is 18.7 Å². The van der Waals surface area contributed by atoms with Crippen LogP contribution in [0, 0.1) is 5.82 Å². The van der Waals surface area contributed by atoms with Gasteiger partial charge in [-0.2, -0.15) is 8.42 Å².